The minimum atomic E-state index is -0.427. The van der Waals surface area contributed by atoms with Crippen molar-refractivity contribution in [2.75, 3.05) is 20.2 Å². The summed E-state index contributed by atoms with van der Waals surface area (Å²) in [6.07, 6.45) is 1.17. The quantitative estimate of drug-likeness (QED) is 0.634. The van der Waals surface area contributed by atoms with Crippen LogP contribution < -0.4 is 10.1 Å². The highest BCUT2D eigenvalue weighted by Gasteiger charge is 2.16. The predicted molar refractivity (Wildman–Crippen MR) is 65.7 cm³/mol. The van der Waals surface area contributed by atoms with E-state index in [0.717, 1.165) is 25.1 Å². The molecule has 1 heterocycles. The number of hydrogen-bond acceptors (Lipinski definition) is 5. The summed E-state index contributed by atoms with van der Waals surface area (Å²) in [5.74, 6) is 0.479. The van der Waals surface area contributed by atoms with Gasteiger partial charge in [-0.05, 0) is 24.6 Å². The third-order valence-corrected chi connectivity index (χ3v) is 2.90. The Morgan fingerprint density at radius 3 is 2.94 bits per heavy atom. The van der Waals surface area contributed by atoms with E-state index in [2.05, 4.69) is 5.32 Å². The van der Waals surface area contributed by atoms with E-state index in [1.54, 1.807) is 6.07 Å². The molecule has 0 amide bonds. The maximum atomic E-state index is 10.8. The minimum absolute atomic E-state index is 0.0255. The molecule has 0 radical (unpaired) electrons. The molecule has 6 heteroatoms. The molecule has 1 aromatic rings. The standard InChI is InChI=1S/C12H16N2O4/c1-17-12-5-9(4-10(6-12)14(15)16)8-18-11-2-3-13-7-11/h4-6,11,13H,2-3,7-8H2,1H3. The summed E-state index contributed by atoms with van der Waals surface area (Å²) in [6.45, 7) is 2.17. The van der Waals surface area contributed by atoms with Gasteiger partial charge in [-0.3, -0.25) is 10.1 Å². The van der Waals surface area contributed by atoms with Crippen LogP contribution in [0.5, 0.6) is 5.75 Å². The molecule has 0 spiro atoms. The largest absolute Gasteiger partial charge is 0.496 e. The third-order valence-electron chi connectivity index (χ3n) is 2.90. The number of nitro benzene ring substituents is 1. The van der Waals surface area contributed by atoms with Crippen LogP contribution >= 0.6 is 0 Å². The molecule has 1 aromatic carbocycles. The van der Waals surface area contributed by atoms with Gasteiger partial charge in [-0.15, -0.1) is 0 Å². The Morgan fingerprint density at radius 1 is 1.50 bits per heavy atom. The molecule has 18 heavy (non-hydrogen) atoms. The lowest BCUT2D eigenvalue weighted by molar-refractivity contribution is -0.385. The zero-order valence-electron chi connectivity index (χ0n) is 10.2. The second kappa shape index (κ2) is 5.79. The van der Waals surface area contributed by atoms with E-state index in [9.17, 15) is 10.1 Å². The number of nitrogens with one attached hydrogen (secondary N) is 1. The summed E-state index contributed by atoms with van der Waals surface area (Å²) in [5.41, 5.74) is 0.783. The third kappa shape index (κ3) is 3.18. The summed E-state index contributed by atoms with van der Waals surface area (Å²) in [6, 6.07) is 4.68. The van der Waals surface area contributed by atoms with Gasteiger partial charge < -0.3 is 14.8 Å². The zero-order chi connectivity index (χ0) is 13.0. The van der Waals surface area contributed by atoms with E-state index >= 15 is 0 Å². The first-order chi connectivity index (χ1) is 8.69. The number of benzene rings is 1. The molecule has 1 aliphatic heterocycles. The first-order valence-electron chi connectivity index (χ1n) is 5.83. The lowest BCUT2D eigenvalue weighted by Gasteiger charge is -2.11. The number of methoxy groups -OCH3 is 1. The molecule has 1 N–H and O–H groups in total. The van der Waals surface area contributed by atoms with Crippen molar-refractivity contribution in [1.29, 1.82) is 0 Å². The van der Waals surface area contributed by atoms with Crippen molar-refractivity contribution >= 4 is 5.69 Å². The van der Waals surface area contributed by atoms with Crippen LogP contribution in [-0.2, 0) is 11.3 Å². The Kier molecular flexibility index (Phi) is 4.11. The maximum absolute atomic E-state index is 10.8. The number of ether oxygens (including phenoxy) is 2. The van der Waals surface area contributed by atoms with Crippen LogP contribution in [0.1, 0.15) is 12.0 Å². The summed E-state index contributed by atoms with van der Waals surface area (Å²) < 4.78 is 10.7. The Balaban J connectivity index is 2.05. The second-order valence-electron chi connectivity index (χ2n) is 4.22. The average molecular weight is 252 g/mol. The van der Waals surface area contributed by atoms with Crippen molar-refractivity contribution in [1.82, 2.24) is 5.32 Å². The highest BCUT2D eigenvalue weighted by Crippen LogP contribution is 2.23. The van der Waals surface area contributed by atoms with Gasteiger partial charge in [0.15, 0.2) is 0 Å². The summed E-state index contributed by atoms with van der Waals surface area (Å²) in [7, 11) is 1.49. The fourth-order valence-corrected chi connectivity index (χ4v) is 1.93. The summed E-state index contributed by atoms with van der Waals surface area (Å²) in [4.78, 5) is 10.4. The van der Waals surface area contributed by atoms with E-state index < -0.39 is 4.92 Å². The van der Waals surface area contributed by atoms with Crippen molar-refractivity contribution in [2.24, 2.45) is 0 Å². The topological polar surface area (TPSA) is 73.6 Å². The highest BCUT2D eigenvalue weighted by molar-refractivity contribution is 5.42. The first-order valence-corrected chi connectivity index (χ1v) is 5.83. The molecular formula is C12H16N2O4. The van der Waals surface area contributed by atoms with Gasteiger partial charge in [0.1, 0.15) is 5.75 Å². The van der Waals surface area contributed by atoms with Crippen LogP contribution in [0.2, 0.25) is 0 Å². The van der Waals surface area contributed by atoms with Crippen LogP contribution in [-0.4, -0.2) is 31.2 Å². The van der Waals surface area contributed by atoms with Gasteiger partial charge in [0, 0.05) is 12.6 Å². The molecule has 1 atom stereocenters. The van der Waals surface area contributed by atoms with Gasteiger partial charge in [-0.25, -0.2) is 0 Å². The summed E-state index contributed by atoms with van der Waals surface area (Å²) >= 11 is 0. The molecule has 6 nitrogen and oxygen atoms in total. The van der Waals surface area contributed by atoms with Gasteiger partial charge in [0.2, 0.25) is 0 Å². The molecular weight excluding hydrogens is 236 g/mol. The first kappa shape index (κ1) is 12.8. The van der Waals surface area contributed by atoms with E-state index in [0.29, 0.717) is 12.4 Å². The molecule has 0 aromatic heterocycles. The molecule has 98 valence electrons. The predicted octanol–water partition coefficient (Wildman–Crippen LogP) is 1.48. The number of nitrogens with zero attached hydrogens (tertiary/aromatic N) is 1. The number of rotatable bonds is 5. The smallest absolute Gasteiger partial charge is 0.273 e. The lowest BCUT2D eigenvalue weighted by atomic mass is 10.2. The van der Waals surface area contributed by atoms with E-state index in [1.165, 1.54) is 19.2 Å². The Morgan fingerprint density at radius 2 is 2.33 bits per heavy atom. The molecule has 1 fully saturated rings. The van der Waals surface area contributed by atoms with Crippen LogP contribution in [0.15, 0.2) is 18.2 Å². The van der Waals surface area contributed by atoms with Crippen LogP contribution in [0, 0.1) is 10.1 Å². The summed E-state index contributed by atoms with van der Waals surface area (Å²) in [5, 5.41) is 14.0. The SMILES string of the molecule is COc1cc(COC2CCNC2)cc([N+](=O)[O-])c1. The fraction of sp³-hybridized carbons (Fsp3) is 0.500. The average Bonchev–Trinajstić information content (AvgIpc) is 2.89. The fourth-order valence-electron chi connectivity index (χ4n) is 1.93. The van der Waals surface area contributed by atoms with Crippen molar-refractivity contribution in [3.63, 3.8) is 0 Å². The van der Waals surface area contributed by atoms with Crippen molar-refractivity contribution in [3.05, 3.63) is 33.9 Å². The van der Waals surface area contributed by atoms with Crippen LogP contribution in [0.4, 0.5) is 5.69 Å². The van der Waals surface area contributed by atoms with Crippen molar-refractivity contribution < 1.29 is 14.4 Å². The Hall–Kier alpha value is -1.66. The van der Waals surface area contributed by atoms with Crippen molar-refractivity contribution in [3.8, 4) is 5.75 Å². The molecule has 0 bridgehead atoms. The Bertz CT molecular complexity index is 430. The van der Waals surface area contributed by atoms with Gasteiger partial charge in [-0.2, -0.15) is 0 Å². The Labute approximate surface area is 105 Å². The number of hydrogen-bond donors (Lipinski definition) is 1. The van der Waals surface area contributed by atoms with E-state index in [4.69, 9.17) is 9.47 Å². The molecule has 0 aliphatic carbocycles. The molecule has 1 unspecified atom stereocenters. The molecule has 1 saturated heterocycles. The number of nitro groups is 1. The van der Waals surface area contributed by atoms with E-state index in [1.807, 2.05) is 0 Å². The van der Waals surface area contributed by atoms with Crippen molar-refractivity contribution in [2.45, 2.75) is 19.1 Å². The number of non-ortho nitro benzene ring substituents is 1. The molecule has 0 saturated carbocycles. The minimum Gasteiger partial charge on any atom is -0.496 e. The van der Waals surface area contributed by atoms with Crippen LogP contribution in [0.3, 0.4) is 0 Å². The van der Waals surface area contributed by atoms with Gasteiger partial charge in [-0.1, -0.05) is 0 Å². The van der Waals surface area contributed by atoms with Gasteiger partial charge in [0.25, 0.3) is 5.69 Å². The van der Waals surface area contributed by atoms with Gasteiger partial charge >= 0.3 is 0 Å². The zero-order valence-corrected chi connectivity index (χ0v) is 10.2. The normalized spacial score (nSPS) is 18.8. The van der Waals surface area contributed by atoms with E-state index in [-0.39, 0.29) is 11.8 Å². The monoisotopic (exact) mass is 252 g/mol. The molecule has 2 rings (SSSR count). The van der Waals surface area contributed by atoms with Crippen LogP contribution in [0.25, 0.3) is 0 Å². The lowest BCUT2D eigenvalue weighted by Crippen LogP contribution is -2.16. The molecule has 1 aliphatic rings. The second-order valence-corrected chi connectivity index (χ2v) is 4.22. The van der Waals surface area contributed by atoms with Gasteiger partial charge in [0.05, 0.1) is 30.8 Å². The maximum Gasteiger partial charge on any atom is 0.273 e. The highest BCUT2D eigenvalue weighted by atomic mass is 16.6.